The molecule has 2 aliphatic rings. The Morgan fingerprint density at radius 3 is 3.12 bits per heavy atom. The average Bonchev–Trinajstić information content (AvgIpc) is 2.78. The maximum Gasteiger partial charge on any atom is 0.414 e. The summed E-state index contributed by atoms with van der Waals surface area (Å²) in [5.41, 5.74) is 1.56. The molecule has 0 radical (unpaired) electrons. The Bertz CT molecular complexity index is 707. The third-order valence-electron chi connectivity index (χ3n) is 4.13. The number of nitrogens with zero attached hydrogens (tertiary/aromatic N) is 2. The molecule has 0 saturated carbocycles. The van der Waals surface area contributed by atoms with E-state index in [1.165, 1.54) is 17.9 Å². The van der Waals surface area contributed by atoms with E-state index in [4.69, 9.17) is 4.74 Å². The number of cyclic esters (lactones) is 1. The van der Waals surface area contributed by atoms with Gasteiger partial charge in [-0.1, -0.05) is 0 Å². The van der Waals surface area contributed by atoms with Crippen molar-refractivity contribution in [2.45, 2.75) is 19.4 Å². The number of hydrogen-bond donors (Lipinski definition) is 2. The number of hydrogen-bond acceptors (Lipinski definition) is 5. The summed E-state index contributed by atoms with van der Waals surface area (Å²) in [6, 6.07) is 4.66. The van der Waals surface area contributed by atoms with E-state index in [0.717, 1.165) is 13.0 Å². The van der Waals surface area contributed by atoms with Gasteiger partial charge in [0.05, 0.1) is 24.5 Å². The third kappa shape index (κ3) is 4.14. The zero-order valence-corrected chi connectivity index (χ0v) is 14.0. The first-order valence-corrected chi connectivity index (χ1v) is 8.31. The molecule has 2 heterocycles. The molecule has 25 heavy (non-hydrogen) atoms. The first kappa shape index (κ1) is 17.3. The summed E-state index contributed by atoms with van der Waals surface area (Å²) in [5, 5.41) is 5.82. The Labute approximate surface area is 145 Å². The number of ether oxygens (including phenoxy) is 1. The maximum absolute atomic E-state index is 14.6. The maximum atomic E-state index is 14.6. The van der Waals surface area contributed by atoms with Gasteiger partial charge in [-0.05, 0) is 31.2 Å². The quantitative estimate of drug-likeness (QED) is 0.853. The van der Waals surface area contributed by atoms with Crippen molar-refractivity contribution in [3.8, 4) is 0 Å². The lowest BCUT2D eigenvalue weighted by Crippen LogP contribution is -2.33. The molecule has 1 fully saturated rings. The molecule has 1 aromatic carbocycles. The van der Waals surface area contributed by atoms with E-state index in [9.17, 15) is 14.0 Å². The van der Waals surface area contributed by atoms with Crippen LogP contribution in [0.15, 0.2) is 23.2 Å². The van der Waals surface area contributed by atoms with Crippen LogP contribution in [-0.2, 0) is 9.53 Å². The Kier molecular flexibility index (Phi) is 5.28. The number of amides is 2. The second-order valence-corrected chi connectivity index (χ2v) is 6.08. The fourth-order valence-corrected chi connectivity index (χ4v) is 2.86. The van der Waals surface area contributed by atoms with E-state index in [0.29, 0.717) is 30.1 Å². The van der Waals surface area contributed by atoms with Crippen molar-refractivity contribution in [2.75, 3.05) is 37.6 Å². The summed E-state index contributed by atoms with van der Waals surface area (Å²) >= 11 is 0. The van der Waals surface area contributed by atoms with Crippen LogP contribution < -0.4 is 15.5 Å². The predicted octanol–water partition coefficient (Wildman–Crippen LogP) is 1.07. The van der Waals surface area contributed by atoms with Crippen molar-refractivity contribution < 1.29 is 18.7 Å². The lowest BCUT2D eigenvalue weighted by atomic mass is 10.1. The van der Waals surface area contributed by atoms with Crippen LogP contribution in [0.5, 0.6) is 0 Å². The highest BCUT2D eigenvalue weighted by atomic mass is 19.1. The minimum absolute atomic E-state index is 0.192. The highest BCUT2D eigenvalue weighted by Crippen LogP contribution is 2.24. The number of carbonyl (C=O) groups excluding carboxylic acids is 2. The molecule has 0 aliphatic carbocycles. The highest BCUT2D eigenvalue weighted by Gasteiger charge is 2.32. The molecule has 2 aliphatic heterocycles. The largest absolute Gasteiger partial charge is 0.442 e. The van der Waals surface area contributed by atoms with Gasteiger partial charge in [-0.3, -0.25) is 14.7 Å². The summed E-state index contributed by atoms with van der Waals surface area (Å²) in [6.07, 6.45) is -0.0658. The van der Waals surface area contributed by atoms with E-state index >= 15 is 0 Å². The van der Waals surface area contributed by atoms with Gasteiger partial charge in [-0.15, -0.1) is 0 Å². The topological polar surface area (TPSA) is 83.0 Å². The number of nitrogens with one attached hydrogen (secondary N) is 2. The smallest absolute Gasteiger partial charge is 0.414 e. The summed E-state index contributed by atoms with van der Waals surface area (Å²) in [7, 11) is 0. The molecule has 0 bridgehead atoms. The van der Waals surface area contributed by atoms with Gasteiger partial charge in [-0.2, -0.15) is 0 Å². The average molecular weight is 348 g/mol. The second kappa shape index (κ2) is 7.60. The molecule has 2 amide bonds. The van der Waals surface area contributed by atoms with Crippen LogP contribution in [0.4, 0.5) is 14.9 Å². The number of anilines is 1. The SMILES string of the molecule is CC(=O)NC[C@H]1CN(c2ccc(C3=NCCCNC3)c(F)c2)C(=O)O1. The zero-order chi connectivity index (χ0) is 17.8. The Morgan fingerprint density at radius 2 is 2.36 bits per heavy atom. The normalized spacial score (nSPS) is 20.7. The lowest BCUT2D eigenvalue weighted by Gasteiger charge is -2.15. The summed E-state index contributed by atoms with van der Waals surface area (Å²) < 4.78 is 19.8. The number of aliphatic imine (C=N–C) groups is 1. The number of carbonyl (C=O) groups is 2. The minimum atomic E-state index is -0.545. The van der Waals surface area contributed by atoms with Crippen LogP contribution in [0.1, 0.15) is 18.9 Å². The second-order valence-electron chi connectivity index (χ2n) is 6.08. The predicted molar refractivity (Wildman–Crippen MR) is 91.6 cm³/mol. The molecule has 1 saturated heterocycles. The van der Waals surface area contributed by atoms with Crippen LogP contribution in [0.25, 0.3) is 0 Å². The van der Waals surface area contributed by atoms with Crippen molar-refractivity contribution in [1.29, 1.82) is 0 Å². The zero-order valence-electron chi connectivity index (χ0n) is 14.0. The van der Waals surface area contributed by atoms with Crippen LogP contribution in [-0.4, -0.2) is 56.5 Å². The molecule has 2 N–H and O–H groups in total. The van der Waals surface area contributed by atoms with E-state index in [1.807, 2.05) is 0 Å². The van der Waals surface area contributed by atoms with Gasteiger partial charge >= 0.3 is 6.09 Å². The highest BCUT2D eigenvalue weighted by molar-refractivity contribution is 6.03. The standard InChI is InChI=1S/C17H21FN4O3/c1-11(23)21-8-13-10-22(17(24)25-13)12-3-4-14(15(18)7-12)16-9-19-5-2-6-20-16/h3-4,7,13,19H,2,5-6,8-10H2,1H3,(H,21,23)/t13-/m0/s1. The molecule has 8 heteroatoms. The van der Waals surface area contributed by atoms with Gasteiger partial charge in [0.1, 0.15) is 11.9 Å². The molecular weight excluding hydrogens is 327 g/mol. The third-order valence-corrected chi connectivity index (χ3v) is 4.13. The van der Waals surface area contributed by atoms with E-state index in [2.05, 4.69) is 15.6 Å². The van der Waals surface area contributed by atoms with Gasteiger partial charge in [-0.25, -0.2) is 9.18 Å². The molecule has 134 valence electrons. The van der Waals surface area contributed by atoms with E-state index < -0.39 is 18.0 Å². The first-order valence-electron chi connectivity index (χ1n) is 8.31. The van der Waals surface area contributed by atoms with Crippen molar-refractivity contribution in [2.24, 2.45) is 4.99 Å². The molecule has 0 unspecified atom stereocenters. The van der Waals surface area contributed by atoms with Crippen LogP contribution in [0, 0.1) is 5.82 Å². The van der Waals surface area contributed by atoms with Crippen LogP contribution in [0.2, 0.25) is 0 Å². The molecule has 0 spiro atoms. The minimum Gasteiger partial charge on any atom is -0.442 e. The monoisotopic (exact) mass is 348 g/mol. The fourth-order valence-electron chi connectivity index (χ4n) is 2.86. The van der Waals surface area contributed by atoms with Crippen LogP contribution >= 0.6 is 0 Å². The van der Waals surface area contributed by atoms with E-state index in [-0.39, 0.29) is 19.0 Å². The summed E-state index contributed by atoms with van der Waals surface area (Å²) in [6.45, 7) is 3.96. The Hall–Kier alpha value is -2.48. The Balaban J connectivity index is 1.73. The fraction of sp³-hybridized carbons (Fsp3) is 0.471. The van der Waals surface area contributed by atoms with Crippen molar-refractivity contribution in [1.82, 2.24) is 10.6 Å². The van der Waals surface area contributed by atoms with Gasteiger partial charge in [0.25, 0.3) is 0 Å². The van der Waals surface area contributed by atoms with Crippen molar-refractivity contribution in [3.63, 3.8) is 0 Å². The molecule has 1 atom stereocenters. The molecular formula is C17H21FN4O3. The van der Waals surface area contributed by atoms with Gasteiger partial charge in [0.15, 0.2) is 0 Å². The summed E-state index contributed by atoms with van der Waals surface area (Å²) in [5.74, 6) is -0.610. The number of benzene rings is 1. The lowest BCUT2D eigenvalue weighted by molar-refractivity contribution is -0.119. The van der Waals surface area contributed by atoms with Gasteiger partial charge < -0.3 is 15.4 Å². The number of rotatable bonds is 4. The van der Waals surface area contributed by atoms with Crippen LogP contribution in [0.3, 0.4) is 0 Å². The van der Waals surface area contributed by atoms with Crippen molar-refractivity contribution in [3.05, 3.63) is 29.6 Å². The van der Waals surface area contributed by atoms with E-state index in [1.54, 1.807) is 12.1 Å². The molecule has 7 nitrogen and oxygen atoms in total. The Morgan fingerprint density at radius 1 is 1.52 bits per heavy atom. The molecule has 3 rings (SSSR count). The number of halogens is 1. The first-order chi connectivity index (χ1) is 12.0. The summed E-state index contributed by atoms with van der Waals surface area (Å²) in [4.78, 5) is 28.8. The molecule has 1 aromatic rings. The van der Waals surface area contributed by atoms with Gasteiger partial charge in [0, 0.05) is 25.6 Å². The molecule has 0 aromatic heterocycles. The van der Waals surface area contributed by atoms with Gasteiger partial charge in [0.2, 0.25) is 5.91 Å². The van der Waals surface area contributed by atoms with Crippen molar-refractivity contribution >= 4 is 23.4 Å².